The van der Waals surface area contributed by atoms with Gasteiger partial charge in [0.2, 0.25) is 0 Å². The molecule has 0 aliphatic heterocycles. The predicted molar refractivity (Wildman–Crippen MR) is 105 cm³/mol. The highest BCUT2D eigenvalue weighted by Gasteiger charge is 2.14. The van der Waals surface area contributed by atoms with Crippen LogP contribution in [-0.2, 0) is 0 Å². The van der Waals surface area contributed by atoms with Gasteiger partial charge in [0, 0.05) is 6.54 Å². The van der Waals surface area contributed by atoms with Gasteiger partial charge in [-0.2, -0.15) is 0 Å². The molecule has 4 N–H and O–H groups in total. The Bertz CT molecular complexity index is 321. The Morgan fingerprint density at radius 1 is 0.560 bits per heavy atom. The summed E-state index contributed by atoms with van der Waals surface area (Å²) in [5, 5.41) is 0. The van der Waals surface area contributed by atoms with Gasteiger partial charge in [-0.3, -0.25) is 0 Å². The quantitative estimate of drug-likeness (QED) is 0.327. The highest BCUT2D eigenvalue weighted by molar-refractivity contribution is 5.91. The highest BCUT2D eigenvalue weighted by Crippen LogP contribution is 2.13. The number of carbonyl (C=O) groups excluding carboxylic acids is 2. The van der Waals surface area contributed by atoms with Gasteiger partial charge in [-0.15, -0.1) is 0 Å². The number of hydrogen-bond acceptors (Lipinski definition) is 2. The smallest absolute Gasteiger partial charge is 0.322 e. The number of nitrogens with zero attached hydrogens (tertiary/aromatic N) is 1. The molecule has 0 saturated carbocycles. The molecular weight excluding hydrogens is 314 g/mol. The summed E-state index contributed by atoms with van der Waals surface area (Å²) in [7, 11) is 0. The van der Waals surface area contributed by atoms with Gasteiger partial charge in [-0.25, -0.2) is 14.5 Å². The Labute approximate surface area is 154 Å². The molecule has 0 fully saturated rings. The van der Waals surface area contributed by atoms with Gasteiger partial charge in [0.1, 0.15) is 0 Å². The molecule has 0 aromatic heterocycles. The van der Waals surface area contributed by atoms with Crippen molar-refractivity contribution < 1.29 is 9.59 Å². The summed E-state index contributed by atoms with van der Waals surface area (Å²) in [4.78, 5) is 22.9. The van der Waals surface area contributed by atoms with E-state index < -0.39 is 12.1 Å². The van der Waals surface area contributed by atoms with Crippen LogP contribution < -0.4 is 11.5 Å². The number of amides is 4. The first kappa shape index (κ1) is 23.7. The molecular formula is C20H41N3O2. The number of carbonyl (C=O) groups is 2. The Kier molecular flexibility index (Phi) is 16.7. The molecule has 5 nitrogen and oxygen atoms in total. The molecule has 0 aliphatic rings. The lowest BCUT2D eigenvalue weighted by atomic mass is 10.0. The third-order valence-corrected chi connectivity index (χ3v) is 4.77. The van der Waals surface area contributed by atoms with Crippen LogP contribution in [0.3, 0.4) is 0 Å². The van der Waals surface area contributed by atoms with Gasteiger partial charge in [0.15, 0.2) is 0 Å². The summed E-state index contributed by atoms with van der Waals surface area (Å²) in [5.74, 6) is 0. The van der Waals surface area contributed by atoms with Crippen molar-refractivity contribution in [1.29, 1.82) is 0 Å². The Balaban J connectivity index is 3.21. The Morgan fingerprint density at radius 2 is 0.840 bits per heavy atom. The maximum atomic E-state index is 11.0. The van der Waals surface area contributed by atoms with Crippen LogP contribution >= 0.6 is 0 Å². The SMILES string of the molecule is CCCCCCCCCCCCCCCCCCN(C(N)=O)C(N)=O. The van der Waals surface area contributed by atoms with Crippen molar-refractivity contribution >= 4 is 12.1 Å². The zero-order valence-electron chi connectivity index (χ0n) is 16.4. The van der Waals surface area contributed by atoms with Gasteiger partial charge in [0.25, 0.3) is 0 Å². The van der Waals surface area contributed by atoms with Gasteiger partial charge in [0.05, 0.1) is 0 Å². The van der Waals surface area contributed by atoms with E-state index in [0.29, 0.717) is 6.54 Å². The van der Waals surface area contributed by atoms with Crippen molar-refractivity contribution in [3.05, 3.63) is 0 Å². The predicted octanol–water partition coefficient (Wildman–Crippen LogP) is 5.71. The van der Waals surface area contributed by atoms with E-state index in [4.69, 9.17) is 11.5 Å². The molecule has 0 rings (SSSR count). The maximum absolute atomic E-state index is 11.0. The van der Waals surface area contributed by atoms with Crippen LogP contribution in [0, 0.1) is 0 Å². The average Bonchev–Trinajstić information content (AvgIpc) is 2.57. The second-order valence-electron chi connectivity index (χ2n) is 7.13. The van der Waals surface area contributed by atoms with E-state index in [1.807, 2.05) is 0 Å². The zero-order chi connectivity index (χ0) is 18.8. The largest absolute Gasteiger partial charge is 0.351 e. The summed E-state index contributed by atoms with van der Waals surface area (Å²) >= 11 is 0. The summed E-state index contributed by atoms with van der Waals surface area (Å²) in [6, 6.07) is -1.51. The van der Waals surface area contributed by atoms with Crippen LogP contribution in [0.4, 0.5) is 9.59 Å². The molecule has 5 heteroatoms. The normalized spacial score (nSPS) is 10.8. The van der Waals surface area contributed by atoms with Crippen molar-refractivity contribution in [2.45, 2.75) is 110 Å². The van der Waals surface area contributed by atoms with E-state index in [9.17, 15) is 9.59 Å². The van der Waals surface area contributed by atoms with Crippen LogP contribution in [0.2, 0.25) is 0 Å². The lowest BCUT2D eigenvalue weighted by Crippen LogP contribution is -2.44. The molecule has 25 heavy (non-hydrogen) atoms. The van der Waals surface area contributed by atoms with Crippen molar-refractivity contribution in [2.24, 2.45) is 11.5 Å². The van der Waals surface area contributed by atoms with Crippen molar-refractivity contribution in [3.8, 4) is 0 Å². The fourth-order valence-corrected chi connectivity index (χ4v) is 3.15. The second kappa shape index (κ2) is 17.6. The molecule has 0 bridgehead atoms. The molecule has 4 amide bonds. The van der Waals surface area contributed by atoms with Gasteiger partial charge in [-0.05, 0) is 6.42 Å². The van der Waals surface area contributed by atoms with E-state index >= 15 is 0 Å². The number of hydrogen-bond donors (Lipinski definition) is 2. The molecule has 0 aromatic carbocycles. The molecule has 0 heterocycles. The van der Waals surface area contributed by atoms with Crippen LogP contribution in [-0.4, -0.2) is 23.5 Å². The van der Waals surface area contributed by atoms with E-state index in [-0.39, 0.29) is 0 Å². The monoisotopic (exact) mass is 355 g/mol. The first-order valence-corrected chi connectivity index (χ1v) is 10.5. The molecule has 0 aliphatic carbocycles. The summed E-state index contributed by atoms with van der Waals surface area (Å²) in [5.41, 5.74) is 10.2. The number of imide groups is 1. The number of rotatable bonds is 17. The maximum Gasteiger partial charge on any atom is 0.322 e. The first-order chi connectivity index (χ1) is 12.1. The molecule has 0 radical (unpaired) electrons. The third kappa shape index (κ3) is 16.0. The van der Waals surface area contributed by atoms with Gasteiger partial charge < -0.3 is 11.5 Å². The van der Waals surface area contributed by atoms with Gasteiger partial charge >= 0.3 is 12.1 Å². The highest BCUT2D eigenvalue weighted by atomic mass is 16.2. The fourth-order valence-electron chi connectivity index (χ4n) is 3.15. The van der Waals surface area contributed by atoms with Gasteiger partial charge in [-0.1, -0.05) is 103 Å². The number of unbranched alkanes of at least 4 members (excludes halogenated alkanes) is 15. The number of nitrogens with two attached hydrogens (primary N) is 2. The lowest BCUT2D eigenvalue weighted by molar-refractivity contribution is 0.196. The first-order valence-electron chi connectivity index (χ1n) is 10.5. The molecule has 0 atom stereocenters. The van der Waals surface area contributed by atoms with Crippen LogP contribution in [0.5, 0.6) is 0 Å². The zero-order valence-corrected chi connectivity index (χ0v) is 16.4. The van der Waals surface area contributed by atoms with Crippen LogP contribution in [0.1, 0.15) is 110 Å². The van der Waals surface area contributed by atoms with E-state index in [0.717, 1.165) is 24.2 Å². The summed E-state index contributed by atoms with van der Waals surface area (Å²) in [6.07, 6.45) is 20.7. The molecule has 0 aromatic rings. The van der Waals surface area contributed by atoms with E-state index in [1.54, 1.807) is 0 Å². The van der Waals surface area contributed by atoms with Crippen molar-refractivity contribution in [1.82, 2.24) is 4.90 Å². The van der Waals surface area contributed by atoms with E-state index in [2.05, 4.69) is 6.92 Å². The fraction of sp³-hybridized carbons (Fsp3) is 0.900. The number of urea groups is 2. The van der Waals surface area contributed by atoms with Crippen molar-refractivity contribution in [3.63, 3.8) is 0 Å². The van der Waals surface area contributed by atoms with Crippen molar-refractivity contribution in [2.75, 3.05) is 6.54 Å². The minimum Gasteiger partial charge on any atom is -0.351 e. The topological polar surface area (TPSA) is 89.4 Å². The molecule has 0 saturated heterocycles. The minimum atomic E-state index is -0.756. The Hall–Kier alpha value is -1.26. The molecule has 0 unspecified atom stereocenters. The van der Waals surface area contributed by atoms with E-state index in [1.165, 1.54) is 83.5 Å². The molecule has 148 valence electrons. The average molecular weight is 356 g/mol. The lowest BCUT2D eigenvalue weighted by Gasteiger charge is -2.15. The Morgan fingerprint density at radius 3 is 1.12 bits per heavy atom. The third-order valence-electron chi connectivity index (χ3n) is 4.77. The van der Waals surface area contributed by atoms with Crippen LogP contribution in [0.15, 0.2) is 0 Å². The number of primary amides is 2. The standard InChI is InChI=1S/C20H41N3O2/c1-2-3-4-5-6-7-8-9-10-11-12-13-14-15-16-17-18-23(19(21)24)20(22)25/h2-18H2,1H3,(H2,21,24)(H2,22,25). The minimum absolute atomic E-state index is 0.336. The summed E-state index contributed by atoms with van der Waals surface area (Å²) < 4.78 is 0. The molecule has 0 spiro atoms. The second-order valence-corrected chi connectivity index (χ2v) is 7.13. The van der Waals surface area contributed by atoms with Crippen LogP contribution in [0.25, 0.3) is 0 Å². The summed E-state index contributed by atoms with van der Waals surface area (Å²) in [6.45, 7) is 2.60.